The van der Waals surface area contributed by atoms with E-state index in [0.29, 0.717) is 5.96 Å². The van der Waals surface area contributed by atoms with E-state index < -0.39 is 0 Å². The third-order valence-electron chi connectivity index (χ3n) is 1.47. The number of guanidine groups is 2. The Morgan fingerprint density at radius 2 is 2.18 bits per heavy atom. The molecule has 0 saturated carbocycles. The predicted molar refractivity (Wildman–Crippen MR) is 43.9 cm³/mol. The van der Waals surface area contributed by atoms with Gasteiger partial charge >= 0.3 is 0 Å². The van der Waals surface area contributed by atoms with E-state index in [1.807, 2.05) is 0 Å². The van der Waals surface area contributed by atoms with Gasteiger partial charge in [0, 0.05) is 7.05 Å². The molecule has 1 aliphatic rings. The van der Waals surface area contributed by atoms with Crippen molar-refractivity contribution in [1.82, 2.24) is 10.2 Å². The highest BCUT2D eigenvalue weighted by molar-refractivity contribution is 5.95. The molecule has 0 aromatic heterocycles. The minimum absolute atomic E-state index is 0.201. The molecule has 6 nitrogen and oxygen atoms in total. The average molecular weight is 156 g/mol. The van der Waals surface area contributed by atoms with Gasteiger partial charge in [0.25, 0.3) is 0 Å². The summed E-state index contributed by atoms with van der Waals surface area (Å²) in [6, 6.07) is 0. The first-order valence-electron chi connectivity index (χ1n) is 3.22. The molecule has 0 spiro atoms. The Labute approximate surface area is 65.0 Å². The maximum absolute atomic E-state index is 5.51. The fourth-order valence-electron chi connectivity index (χ4n) is 0.820. The fourth-order valence-corrected chi connectivity index (χ4v) is 0.820. The normalized spacial score (nSPS) is 24.5. The van der Waals surface area contributed by atoms with Crippen molar-refractivity contribution in [1.29, 1.82) is 0 Å². The zero-order chi connectivity index (χ0) is 8.43. The van der Waals surface area contributed by atoms with E-state index in [-0.39, 0.29) is 12.2 Å². The SMILES string of the molecule is CNC1N=C(N)N=C(N)N1C. The first kappa shape index (κ1) is 7.80. The third-order valence-corrected chi connectivity index (χ3v) is 1.47. The van der Waals surface area contributed by atoms with Crippen molar-refractivity contribution < 1.29 is 0 Å². The van der Waals surface area contributed by atoms with Gasteiger partial charge in [-0.15, -0.1) is 0 Å². The number of hydrogen-bond acceptors (Lipinski definition) is 6. The zero-order valence-electron chi connectivity index (χ0n) is 6.57. The lowest BCUT2D eigenvalue weighted by Crippen LogP contribution is -2.51. The van der Waals surface area contributed by atoms with E-state index in [1.165, 1.54) is 0 Å². The Balaban J connectivity index is 2.81. The van der Waals surface area contributed by atoms with Crippen LogP contribution < -0.4 is 16.8 Å². The Morgan fingerprint density at radius 1 is 1.55 bits per heavy atom. The van der Waals surface area contributed by atoms with Crippen LogP contribution in [0.5, 0.6) is 0 Å². The van der Waals surface area contributed by atoms with Crippen molar-refractivity contribution >= 4 is 11.9 Å². The molecule has 0 bridgehead atoms. The van der Waals surface area contributed by atoms with E-state index in [1.54, 1.807) is 19.0 Å². The van der Waals surface area contributed by atoms with Crippen molar-refractivity contribution in [3.8, 4) is 0 Å². The second kappa shape index (κ2) is 2.75. The molecule has 1 heterocycles. The van der Waals surface area contributed by atoms with Crippen LogP contribution in [-0.4, -0.2) is 37.2 Å². The number of aliphatic imine (C=N–C) groups is 2. The van der Waals surface area contributed by atoms with Gasteiger partial charge in [-0.05, 0) is 7.05 Å². The quantitative estimate of drug-likeness (QED) is 0.412. The lowest BCUT2D eigenvalue weighted by molar-refractivity contribution is 0.326. The van der Waals surface area contributed by atoms with Gasteiger partial charge < -0.3 is 16.4 Å². The van der Waals surface area contributed by atoms with Crippen LogP contribution in [0.2, 0.25) is 0 Å². The molecule has 0 aromatic carbocycles. The molecule has 1 rings (SSSR count). The Hall–Kier alpha value is -1.30. The van der Waals surface area contributed by atoms with Gasteiger partial charge in [-0.2, -0.15) is 4.99 Å². The van der Waals surface area contributed by atoms with Gasteiger partial charge in [-0.1, -0.05) is 0 Å². The lowest BCUT2D eigenvalue weighted by Gasteiger charge is -2.27. The van der Waals surface area contributed by atoms with E-state index >= 15 is 0 Å². The first-order valence-corrected chi connectivity index (χ1v) is 3.22. The number of nitrogens with zero attached hydrogens (tertiary/aromatic N) is 3. The molecule has 1 atom stereocenters. The van der Waals surface area contributed by atoms with Crippen LogP contribution in [0, 0.1) is 0 Å². The van der Waals surface area contributed by atoms with E-state index in [0.717, 1.165) is 0 Å². The minimum atomic E-state index is -0.201. The smallest absolute Gasteiger partial charge is 0.221 e. The summed E-state index contributed by atoms with van der Waals surface area (Å²) in [7, 11) is 3.56. The topological polar surface area (TPSA) is 92.0 Å². The molecular formula is C5H12N6. The summed E-state index contributed by atoms with van der Waals surface area (Å²) in [5, 5.41) is 2.91. The summed E-state index contributed by atoms with van der Waals surface area (Å²) < 4.78 is 0. The molecule has 0 fully saturated rings. The largest absolute Gasteiger partial charge is 0.369 e. The highest BCUT2D eigenvalue weighted by Gasteiger charge is 2.17. The molecule has 6 heteroatoms. The monoisotopic (exact) mass is 156 g/mol. The van der Waals surface area contributed by atoms with Crippen LogP contribution in [0.4, 0.5) is 0 Å². The molecule has 11 heavy (non-hydrogen) atoms. The maximum atomic E-state index is 5.51. The van der Waals surface area contributed by atoms with Crippen LogP contribution in [0.3, 0.4) is 0 Å². The van der Waals surface area contributed by atoms with Crippen LogP contribution in [0.25, 0.3) is 0 Å². The number of rotatable bonds is 1. The number of nitrogens with two attached hydrogens (primary N) is 2. The van der Waals surface area contributed by atoms with Crippen molar-refractivity contribution in [2.45, 2.75) is 6.29 Å². The molecule has 5 N–H and O–H groups in total. The third kappa shape index (κ3) is 1.40. The summed E-state index contributed by atoms with van der Waals surface area (Å²) in [6.07, 6.45) is -0.201. The van der Waals surface area contributed by atoms with Crippen LogP contribution in [-0.2, 0) is 0 Å². The summed E-state index contributed by atoms with van der Waals surface area (Å²) in [4.78, 5) is 9.43. The average Bonchev–Trinajstić information content (AvgIpc) is 1.96. The number of hydrogen-bond donors (Lipinski definition) is 3. The van der Waals surface area contributed by atoms with E-state index in [2.05, 4.69) is 15.3 Å². The van der Waals surface area contributed by atoms with Gasteiger partial charge in [0.05, 0.1) is 0 Å². The van der Waals surface area contributed by atoms with Crippen LogP contribution in [0.15, 0.2) is 9.98 Å². The molecule has 1 unspecified atom stereocenters. The van der Waals surface area contributed by atoms with Gasteiger partial charge in [0.1, 0.15) is 0 Å². The van der Waals surface area contributed by atoms with Gasteiger partial charge in [-0.3, -0.25) is 5.32 Å². The number of nitrogens with one attached hydrogen (secondary N) is 1. The van der Waals surface area contributed by atoms with E-state index in [4.69, 9.17) is 11.5 Å². The van der Waals surface area contributed by atoms with Crippen molar-refractivity contribution in [2.75, 3.05) is 14.1 Å². The van der Waals surface area contributed by atoms with Gasteiger partial charge in [0.2, 0.25) is 11.9 Å². The highest BCUT2D eigenvalue weighted by Crippen LogP contribution is 1.98. The summed E-state index contributed by atoms with van der Waals surface area (Å²) in [5.41, 5.74) is 10.9. The van der Waals surface area contributed by atoms with Gasteiger partial charge in [-0.25, -0.2) is 4.99 Å². The van der Waals surface area contributed by atoms with E-state index in [9.17, 15) is 0 Å². The molecule has 0 aliphatic carbocycles. The van der Waals surface area contributed by atoms with Crippen molar-refractivity contribution in [3.63, 3.8) is 0 Å². The zero-order valence-corrected chi connectivity index (χ0v) is 6.57. The van der Waals surface area contributed by atoms with Crippen LogP contribution >= 0.6 is 0 Å². The Morgan fingerprint density at radius 3 is 2.73 bits per heavy atom. The molecule has 1 aliphatic heterocycles. The molecule has 0 amide bonds. The van der Waals surface area contributed by atoms with Crippen LogP contribution in [0.1, 0.15) is 0 Å². The Bertz CT molecular complexity index is 207. The summed E-state index contributed by atoms with van der Waals surface area (Å²) in [5.74, 6) is 0.580. The predicted octanol–water partition coefficient (Wildman–Crippen LogP) is -1.94. The summed E-state index contributed by atoms with van der Waals surface area (Å²) >= 11 is 0. The first-order chi connectivity index (χ1) is 5.15. The molecule has 0 radical (unpaired) electrons. The minimum Gasteiger partial charge on any atom is -0.369 e. The maximum Gasteiger partial charge on any atom is 0.221 e. The van der Waals surface area contributed by atoms with Crippen molar-refractivity contribution in [3.05, 3.63) is 0 Å². The molecular weight excluding hydrogens is 144 g/mol. The molecule has 62 valence electrons. The fraction of sp³-hybridized carbons (Fsp3) is 0.600. The molecule has 0 saturated heterocycles. The standard InChI is InChI=1S/C5H12N6/c1-8-5-10-3(6)9-4(7)11(5)2/h5,8H,1-2H3,(H4,6,7,9,10). The van der Waals surface area contributed by atoms with Gasteiger partial charge in [0.15, 0.2) is 6.29 Å². The summed E-state index contributed by atoms with van der Waals surface area (Å²) in [6.45, 7) is 0. The lowest BCUT2D eigenvalue weighted by atomic mass is 10.6. The Kier molecular flexibility index (Phi) is 1.95. The molecule has 0 aromatic rings. The second-order valence-electron chi connectivity index (χ2n) is 2.23. The highest BCUT2D eigenvalue weighted by atomic mass is 15.4. The second-order valence-corrected chi connectivity index (χ2v) is 2.23. The van der Waals surface area contributed by atoms with Crippen molar-refractivity contribution in [2.24, 2.45) is 21.5 Å².